The van der Waals surface area contributed by atoms with Gasteiger partial charge < -0.3 is 4.90 Å². The molecule has 0 unspecified atom stereocenters. The lowest BCUT2D eigenvalue weighted by Gasteiger charge is -2.15. The SMILES string of the molecule is O=C(c1ccc(NS(=O)(=O)c2cccc3nsnc23)cc1)N1CCCC1. The zero-order valence-corrected chi connectivity index (χ0v) is 15.4. The van der Waals surface area contributed by atoms with Crippen molar-refractivity contribution in [3.05, 3.63) is 48.0 Å². The normalized spacial score (nSPS) is 14.7. The number of benzene rings is 2. The Bertz CT molecular complexity index is 1060. The van der Waals surface area contributed by atoms with E-state index in [0.717, 1.165) is 37.7 Å². The molecular formula is C17H16N4O3S2. The van der Waals surface area contributed by atoms with Crippen LogP contribution >= 0.6 is 11.7 Å². The molecule has 0 aliphatic carbocycles. The Labute approximate surface area is 155 Å². The van der Waals surface area contributed by atoms with Crippen LogP contribution in [0, 0.1) is 0 Å². The number of fused-ring (bicyclic) bond motifs is 1. The van der Waals surface area contributed by atoms with Gasteiger partial charge in [-0.25, -0.2) is 8.42 Å². The predicted molar refractivity (Wildman–Crippen MR) is 99.8 cm³/mol. The minimum atomic E-state index is -3.80. The van der Waals surface area contributed by atoms with E-state index in [9.17, 15) is 13.2 Å². The minimum absolute atomic E-state index is 0.0183. The summed E-state index contributed by atoms with van der Waals surface area (Å²) in [5.74, 6) is -0.0183. The van der Waals surface area contributed by atoms with Crippen LogP contribution in [0.25, 0.3) is 11.0 Å². The van der Waals surface area contributed by atoms with Crippen molar-refractivity contribution >= 4 is 44.4 Å². The van der Waals surface area contributed by atoms with E-state index >= 15 is 0 Å². The van der Waals surface area contributed by atoms with Gasteiger partial charge in [0.1, 0.15) is 15.9 Å². The zero-order valence-electron chi connectivity index (χ0n) is 13.8. The summed E-state index contributed by atoms with van der Waals surface area (Å²) in [7, 11) is -3.80. The number of carbonyl (C=O) groups excluding carboxylic acids is 1. The Morgan fingerprint density at radius 3 is 2.50 bits per heavy atom. The van der Waals surface area contributed by atoms with E-state index in [4.69, 9.17) is 0 Å². The van der Waals surface area contributed by atoms with Gasteiger partial charge in [0.25, 0.3) is 15.9 Å². The van der Waals surface area contributed by atoms with E-state index in [1.165, 1.54) is 6.07 Å². The van der Waals surface area contributed by atoms with Gasteiger partial charge in [0.15, 0.2) is 0 Å². The third-order valence-electron chi connectivity index (χ3n) is 4.32. The Kier molecular flexibility index (Phi) is 4.33. The van der Waals surface area contributed by atoms with Gasteiger partial charge in [-0.1, -0.05) is 6.07 Å². The molecule has 1 aliphatic rings. The highest BCUT2D eigenvalue weighted by Crippen LogP contribution is 2.24. The van der Waals surface area contributed by atoms with Crippen molar-refractivity contribution in [1.29, 1.82) is 0 Å². The zero-order chi connectivity index (χ0) is 18.1. The molecule has 0 spiro atoms. The van der Waals surface area contributed by atoms with Crippen molar-refractivity contribution < 1.29 is 13.2 Å². The van der Waals surface area contributed by atoms with Crippen LogP contribution in [0.5, 0.6) is 0 Å². The molecule has 3 aromatic rings. The second kappa shape index (κ2) is 6.65. The van der Waals surface area contributed by atoms with Crippen molar-refractivity contribution in [2.45, 2.75) is 17.7 Å². The number of anilines is 1. The fourth-order valence-electron chi connectivity index (χ4n) is 2.99. The van der Waals surface area contributed by atoms with Crippen LogP contribution in [0.15, 0.2) is 47.4 Å². The monoisotopic (exact) mass is 388 g/mol. The second-order valence-corrected chi connectivity index (χ2v) is 8.25. The molecular weight excluding hydrogens is 372 g/mol. The van der Waals surface area contributed by atoms with E-state index < -0.39 is 10.0 Å². The molecule has 0 atom stereocenters. The molecule has 7 nitrogen and oxygen atoms in total. The molecule has 1 N–H and O–H groups in total. The van der Waals surface area contributed by atoms with E-state index in [1.807, 2.05) is 4.90 Å². The van der Waals surface area contributed by atoms with Gasteiger partial charge in [0, 0.05) is 24.3 Å². The van der Waals surface area contributed by atoms with Crippen molar-refractivity contribution in [2.24, 2.45) is 0 Å². The van der Waals surface area contributed by atoms with Crippen molar-refractivity contribution in [2.75, 3.05) is 17.8 Å². The third kappa shape index (κ3) is 3.15. The maximum Gasteiger partial charge on any atom is 0.264 e. The summed E-state index contributed by atoms with van der Waals surface area (Å²) in [5, 5.41) is 0. The number of hydrogen-bond donors (Lipinski definition) is 1. The van der Waals surface area contributed by atoms with E-state index in [2.05, 4.69) is 13.5 Å². The van der Waals surface area contributed by atoms with Crippen LogP contribution in [-0.2, 0) is 10.0 Å². The molecule has 2 heterocycles. The maximum atomic E-state index is 12.7. The van der Waals surface area contributed by atoms with Gasteiger partial charge in [-0.15, -0.1) is 0 Å². The van der Waals surface area contributed by atoms with Crippen molar-refractivity contribution in [3.63, 3.8) is 0 Å². The Morgan fingerprint density at radius 1 is 1.04 bits per heavy atom. The summed E-state index contributed by atoms with van der Waals surface area (Å²) in [4.78, 5) is 14.3. The van der Waals surface area contributed by atoms with Gasteiger partial charge in [-0.3, -0.25) is 9.52 Å². The van der Waals surface area contributed by atoms with Crippen LogP contribution in [0.3, 0.4) is 0 Å². The molecule has 1 amide bonds. The van der Waals surface area contributed by atoms with E-state index in [-0.39, 0.29) is 10.8 Å². The molecule has 4 rings (SSSR count). The first-order valence-corrected chi connectivity index (χ1v) is 10.4. The molecule has 9 heteroatoms. The number of likely N-dealkylation sites (tertiary alicyclic amines) is 1. The lowest BCUT2D eigenvalue weighted by molar-refractivity contribution is 0.0793. The Morgan fingerprint density at radius 2 is 1.77 bits per heavy atom. The Hall–Kier alpha value is -2.52. The molecule has 1 aliphatic heterocycles. The molecule has 0 bridgehead atoms. The number of nitrogens with zero attached hydrogens (tertiary/aromatic N) is 3. The average Bonchev–Trinajstić information content (AvgIpc) is 3.32. The number of rotatable bonds is 4. The minimum Gasteiger partial charge on any atom is -0.339 e. The van der Waals surface area contributed by atoms with Gasteiger partial charge in [0.2, 0.25) is 0 Å². The largest absolute Gasteiger partial charge is 0.339 e. The van der Waals surface area contributed by atoms with Crippen LogP contribution < -0.4 is 4.72 Å². The quantitative estimate of drug-likeness (QED) is 0.742. The maximum absolute atomic E-state index is 12.7. The molecule has 2 aromatic carbocycles. The van der Waals surface area contributed by atoms with Crippen molar-refractivity contribution in [3.8, 4) is 0 Å². The fourth-order valence-corrected chi connectivity index (χ4v) is 4.82. The predicted octanol–water partition coefficient (Wildman–Crippen LogP) is 2.73. The number of nitrogens with one attached hydrogen (secondary N) is 1. The summed E-state index contributed by atoms with van der Waals surface area (Å²) >= 11 is 0.972. The van der Waals surface area contributed by atoms with Gasteiger partial charge in [-0.2, -0.15) is 8.75 Å². The lowest BCUT2D eigenvalue weighted by atomic mass is 10.2. The molecule has 0 radical (unpaired) electrons. The fraction of sp³-hybridized carbons (Fsp3) is 0.235. The number of carbonyl (C=O) groups is 1. The van der Waals surface area contributed by atoms with Crippen LogP contribution in [-0.4, -0.2) is 41.1 Å². The summed E-state index contributed by atoms with van der Waals surface area (Å²) in [6, 6.07) is 11.3. The summed E-state index contributed by atoms with van der Waals surface area (Å²) < 4.78 is 36.1. The average molecular weight is 388 g/mol. The number of hydrogen-bond acceptors (Lipinski definition) is 6. The summed E-state index contributed by atoms with van der Waals surface area (Å²) in [6.45, 7) is 1.55. The molecule has 1 fully saturated rings. The highest BCUT2D eigenvalue weighted by atomic mass is 32.2. The van der Waals surface area contributed by atoms with Crippen LogP contribution in [0.1, 0.15) is 23.2 Å². The Balaban J connectivity index is 1.57. The van der Waals surface area contributed by atoms with Gasteiger partial charge in [0.05, 0.1) is 11.7 Å². The lowest BCUT2D eigenvalue weighted by Crippen LogP contribution is -2.27. The summed E-state index contributed by atoms with van der Waals surface area (Å²) in [6.07, 6.45) is 2.06. The van der Waals surface area contributed by atoms with Crippen LogP contribution in [0.4, 0.5) is 5.69 Å². The first kappa shape index (κ1) is 16.9. The number of aromatic nitrogens is 2. The highest BCUT2D eigenvalue weighted by molar-refractivity contribution is 7.93. The van der Waals surface area contributed by atoms with E-state index in [1.54, 1.807) is 36.4 Å². The van der Waals surface area contributed by atoms with E-state index in [0.29, 0.717) is 22.3 Å². The van der Waals surface area contributed by atoms with Crippen LogP contribution in [0.2, 0.25) is 0 Å². The summed E-state index contributed by atoms with van der Waals surface area (Å²) in [5.41, 5.74) is 1.85. The van der Waals surface area contributed by atoms with Gasteiger partial charge >= 0.3 is 0 Å². The number of amides is 1. The second-order valence-electron chi connectivity index (χ2n) is 6.07. The molecule has 0 saturated carbocycles. The standard InChI is InChI=1S/C17H16N4O3S2/c22-17(21-10-1-2-11-21)12-6-8-13(9-7-12)20-26(23,24)15-5-3-4-14-16(15)19-25-18-14/h3-9,20H,1-2,10-11H2. The van der Waals surface area contributed by atoms with Gasteiger partial charge in [-0.05, 0) is 49.2 Å². The smallest absolute Gasteiger partial charge is 0.264 e. The highest BCUT2D eigenvalue weighted by Gasteiger charge is 2.21. The topological polar surface area (TPSA) is 92.3 Å². The molecule has 1 saturated heterocycles. The van der Waals surface area contributed by atoms with Crippen molar-refractivity contribution in [1.82, 2.24) is 13.6 Å². The third-order valence-corrected chi connectivity index (χ3v) is 6.27. The molecule has 1 aromatic heterocycles. The molecule has 26 heavy (non-hydrogen) atoms. The first-order chi connectivity index (χ1) is 12.5. The first-order valence-electron chi connectivity index (χ1n) is 8.18. The molecule has 134 valence electrons. The number of sulfonamides is 1.